The number of carbonyl (C=O) groups is 1. The molecule has 1 unspecified atom stereocenters. The van der Waals surface area contributed by atoms with Crippen molar-refractivity contribution in [3.05, 3.63) is 76.8 Å². The minimum Gasteiger partial charge on any atom is -0.467 e. The van der Waals surface area contributed by atoms with E-state index in [-0.39, 0.29) is 6.61 Å². The highest BCUT2D eigenvalue weighted by atomic mass is 35.5. The molecule has 0 radical (unpaired) electrons. The van der Waals surface area contributed by atoms with Gasteiger partial charge in [-0.2, -0.15) is 0 Å². The van der Waals surface area contributed by atoms with Gasteiger partial charge in [0, 0.05) is 5.02 Å². The smallest absolute Gasteiger partial charge is 0.339 e. The van der Waals surface area contributed by atoms with E-state index in [1.165, 1.54) is 7.11 Å². The van der Waals surface area contributed by atoms with Crippen LogP contribution in [0, 0.1) is 0 Å². The number of methoxy groups -OCH3 is 1. The van der Waals surface area contributed by atoms with Crippen LogP contribution in [0.3, 0.4) is 0 Å². The van der Waals surface area contributed by atoms with Gasteiger partial charge in [0.1, 0.15) is 6.61 Å². The molecule has 0 saturated carbocycles. The molecule has 2 N–H and O–H groups in total. The number of carbonyl (C=O) groups excluding carboxylic acids is 1. The number of hydroxylamine groups is 1. The highest BCUT2D eigenvalue weighted by Crippen LogP contribution is 2.20. The average molecular weight is 348 g/mol. The number of esters is 1. The van der Waals surface area contributed by atoms with Gasteiger partial charge in [-0.1, -0.05) is 54.6 Å². The number of nitrogens with one attached hydrogen (secondary N) is 1. The summed E-state index contributed by atoms with van der Waals surface area (Å²) in [6, 6.07) is 14.1. The molecule has 0 aliphatic heterocycles. The Labute approximate surface area is 145 Å². The molecule has 2 aromatic rings. The van der Waals surface area contributed by atoms with Gasteiger partial charge in [0.05, 0.1) is 12.8 Å². The Balaban J connectivity index is 1.98. The molecule has 0 fully saturated rings. The molecule has 0 saturated heterocycles. The Kier molecular flexibility index (Phi) is 6.37. The Morgan fingerprint density at radius 2 is 1.92 bits per heavy atom. The third kappa shape index (κ3) is 4.58. The van der Waals surface area contributed by atoms with Crippen molar-refractivity contribution in [2.24, 2.45) is 0 Å². The predicted octanol–water partition coefficient (Wildman–Crippen LogP) is 3.24. The van der Waals surface area contributed by atoms with Crippen LogP contribution >= 0.6 is 11.6 Å². The molecule has 1 atom stereocenters. The van der Waals surface area contributed by atoms with Crippen LogP contribution in [0.1, 0.15) is 22.8 Å². The molecule has 5 nitrogen and oxygen atoms in total. The summed E-state index contributed by atoms with van der Waals surface area (Å²) < 4.78 is 4.56. The fraction of sp³-hybridized carbons (Fsp3) is 0.167. The molecule has 0 aliphatic carbocycles. The Morgan fingerprint density at radius 3 is 2.58 bits per heavy atom. The van der Waals surface area contributed by atoms with Gasteiger partial charge in [0.15, 0.2) is 6.10 Å². The first-order chi connectivity index (χ1) is 11.5. The van der Waals surface area contributed by atoms with E-state index in [1.54, 1.807) is 36.4 Å². The monoisotopic (exact) mass is 347 g/mol. The molecule has 2 rings (SSSR count). The van der Waals surface area contributed by atoms with Crippen LogP contribution in [-0.2, 0) is 21.0 Å². The second-order valence-corrected chi connectivity index (χ2v) is 5.44. The fourth-order valence-corrected chi connectivity index (χ4v) is 2.21. The van der Waals surface area contributed by atoms with Crippen LogP contribution in [0.5, 0.6) is 0 Å². The third-order valence-electron chi connectivity index (χ3n) is 3.39. The van der Waals surface area contributed by atoms with E-state index in [2.05, 4.69) is 16.8 Å². The highest BCUT2D eigenvalue weighted by Gasteiger charge is 2.20. The zero-order valence-electron chi connectivity index (χ0n) is 13.2. The van der Waals surface area contributed by atoms with E-state index in [4.69, 9.17) is 16.4 Å². The van der Waals surface area contributed by atoms with Crippen LogP contribution in [0.4, 0.5) is 0 Å². The largest absolute Gasteiger partial charge is 0.467 e. The number of aliphatic hydroxyl groups is 1. The van der Waals surface area contributed by atoms with E-state index >= 15 is 0 Å². The maximum absolute atomic E-state index is 11.5. The maximum atomic E-state index is 11.5. The summed E-state index contributed by atoms with van der Waals surface area (Å²) in [6.07, 6.45) is -1.35. The molecule has 0 amide bonds. The summed E-state index contributed by atoms with van der Waals surface area (Å²) in [6.45, 7) is 4.02. The molecule has 0 aromatic heterocycles. The third-order valence-corrected chi connectivity index (χ3v) is 3.64. The summed E-state index contributed by atoms with van der Waals surface area (Å²) in [5, 5.41) is 10.6. The predicted molar refractivity (Wildman–Crippen MR) is 91.8 cm³/mol. The van der Waals surface area contributed by atoms with Crippen molar-refractivity contribution >= 4 is 23.3 Å². The SMILES string of the molecule is C=C(NOCc1ccccc1C(O)C(=O)OC)c1ccc(Cl)cc1. The van der Waals surface area contributed by atoms with Crippen LogP contribution in [0.2, 0.25) is 5.02 Å². The van der Waals surface area contributed by atoms with Gasteiger partial charge in [-0.15, -0.1) is 0 Å². The number of hydrogen-bond acceptors (Lipinski definition) is 5. The number of aliphatic hydroxyl groups excluding tert-OH is 1. The van der Waals surface area contributed by atoms with Crippen molar-refractivity contribution in [2.45, 2.75) is 12.7 Å². The van der Waals surface area contributed by atoms with Gasteiger partial charge in [0.25, 0.3) is 0 Å². The number of ether oxygens (including phenoxy) is 1. The van der Waals surface area contributed by atoms with Gasteiger partial charge in [-0.3, -0.25) is 10.3 Å². The van der Waals surface area contributed by atoms with E-state index < -0.39 is 12.1 Å². The Hall–Kier alpha value is -2.34. The summed E-state index contributed by atoms with van der Waals surface area (Å²) in [7, 11) is 1.22. The summed E-state index contributed by atoms with van der Waals surface area (Å²) in [4.78, 5) is 16.9. The van der Waals surface area contributed by atoms with E-state index in [1.807, 2.05) is 12.1 Å². The maximum Gasteiger partial charge on any atom is 0.339 e. The second kappa shape index (κ2) is 8.49. The zero-order chi connectivity index (χ0) is 17.5. The minimum absolute atomic E-state index is 0.136. The molecule has 0 bridgehead atoms. The molecule has 0 heterocycles. The lowest BCUT2D eigenvalue weighted by atomic mass is 10.0. The van der Waals surface area contributed by atoms with Gasteiger partial charge in [-0.05, 0) is 28.8 Å². The molecule has 0 aliphatic rings. The van der Waals surface area contributed by atoms with Crippen LogP contribution in [0.25, 0.3) is 5.70 Å². The number of halogens is 1. The van der Waals surface area contributed by atoms with Crippen molar-refractivity contribution in [1.29, 1.82) is 0 Å². The first-order valence-corrected chi connectivity index (χ1v) is 7.57. The van der Waals surface area contributed by atoms with Crippen molar-refractivity contribution < 1.29 is 19.5 Å². The van der Waals surface area contributed by atoms with Crippen LogP contribution in [0.15, 0.2) is 55.1 Å². The summed E-state index contributed by atoms with van der Waals surface area (Å²) in [5.41, 5.74) is 5.24. The molecule has 2 aromatic carbocycles. The second-order valence-electron chi connectivity index (χ2n) is 5.00. The Morgan fingerprint density at radius 1 is 1.25 bits per heavy atom. The van der Waals surface area contributed by atoms with Crippen molar-refractivity contribution in [3.8, 4) is 0 Å². The first kappa shape index (κ1) is 18.0. The van der Waals surface area contributed by atoms with Crippen molar-refractivity contribution in [2.75, 3.05) is 7.11 Å². The van der Waals surface area contributed by atoms with E-state index in [0.29, 0.717) is 21.8 Å². The zero-order valence-corrected chi connectivity index (χ0v) is 13.9. The van der Waals surface area contributed by atoms with Gasteiger partial charge in [-0.25, -0.2) is 4.79 Å². The van der Waals surface area contributed by atoms with Gasteiger partial charge >= 0.3 is 5.97 Å². The molecule has 6 heteroatoms. The first-order valence-electron chi connectivity index (χ1n) is 7.19. The Bertz CT molecular complexity index is 715. The lowest BCUT2D eigenvalue weighted by molar-refractivity contribution is -0.150. The highest BCUT2D eigenvalue weighted by molar-refractivity contribution is 6.30. The number of rotatable bonds is 7. The molecule has 0 spiro atoms. The fourth-order valence-electron chi connectivity index (χ4n) is 2.08. The number of benzene rings is 2. The van der Waals surface area contributed by atoms with Crippen molar-refractivity contribution in [1.82, 2.24) is 5.48 Å². The summed E-state index contributed by atoms with van der Waals surface area (Å²) in [5.74, 6) is -0.721. The molecular formula is C18H18ClNO4. The lowest BCUT2D eigenvalue weighted by Crippen LogP contribution is -2.17. The quantitative estimate of drug-likeness (QED) is 0.594. The number of hydrogen-bond donors (Lipinski definition) is 2. The molecular weight excluding hydrogens is 330 g/mol. The van der Waals surface area contributed by atoms with Crippen molar-refractivity contribution in [3.63, 3.8) is 0 Å². The van der Waals surface area contributed by atoms with Crippen LogP contribution < -0.4 is 5.48 Å². The topological polar surface area (TPSA) is 67.8 Å². The molecule has 126 valence electrons. The van der Waals surface area contributed by atoms with Crippen LogP contribution in [-0.4, -0.2) is 18.2 Å². The van der Waals surface area contributed by atoms with Gasteiger partial charge in [0.2, 0.25) is 0 Å². The summed E-state index contributed by atoms with van der Waals surface area (Å²) >= 11 is 5.84. The normalized spacial score (nSPS) is 11.6. The lowest BCUT2D eigenvalue weighted by Gasteiger charge is -2.15. The minimum atomic E-state index is -1.35. The van der Waals surface area contributed by atoms with Gasteiger partial charge < -0.3 is 9.84 Å². The average Bonchev–Trinajstić information content (AvgIpc) is 2.61. The van der Waals surface area contributed by atoms with E-state index in [9.17, 15) is 9.90 Å². The van der Waals surface area contributed by atoms with E-state index in [0.717, 1.165) is 5.56 Å². The molecule has 24 heavy (non-hydrogen) atoms. The standard InChI is InChI=1S/C18H18ClNO4/c1-12(13-7-9-15(19)10-8-13)20-24-11-14-5-3-4-6-16(14)17(21)18(22)23-2/h3-10,17,20-21H,1,11H2,2H3.